The molecule has 1 atom stereocenters. The maximum atomic E-state index is 12.3. The lowest BCUT2D eigenvalue weighted by molar-refractivity contribution is -0.0349. The minimum Gasteiger partial charge on any atom is -0.445 e. The molecular weight excluding hydrogens is 276 g/mol. The van der Waals surface area contributed by atoms with Gasteiger partial charge in [-0.3, -0.25) is 4.90 Å². The Kier molecular flexibility index (Phi) is 4.13. The van der Waals surface area contributed by atoms with Gasteiger partial charge in [0, 0.05) is 6.54 Å². The summed E-state index contributed by atoms with van der Waals surface area (Å²) in [6.45, 7) is 9.31. The summed E-state index contributed by atoms with van der Waals surface area (Å²) in [6.07, 6.45) is 2.06. The van der Waals surface area contributed by atoms with E-state index in [2.05, 4.69) is 29.3 Å². The predicted molar refractivity (Wildman–Crippen MR) is 86.8 cm³/mol. The van der Waals surface area contributed by atoms with Gasteiger partial charge in [-0.05, 0) is 63.7 Å². The summed E-state index contributed by atoms with van der Waals surface area (Å²) < 4.78 is 5.73. The van der Waals surface area contributed by atoms with E-state index in [0.717, 1.165) is 38.0 Å². The summed E-state index contributed by atoms with van der Waals surface area (Å²) in [5.74, 6) is 0.539. The van der Waals surface area contributed by atoms with Crippen LogP contribution in [0.15, 0.2) is 24.3 Å². The number of nitrogens with zero attached hydrogens (tertiary/aromatic N) is 1. The summed E-state index contributed by atoms with van der Waals surface area (Å²) >= 11 is 0. The minimum absolute atomic E-state index is 0.0511. The monoisotopic (exact) mass is 302 g/mol. The van der Waals surface area contributed by atoms with Crippen LogP contribution in [-0.2, 0) is 10.3 Å². The molecule has 0 spiro atoms. The van der Waals surface area contributed by atoms with E-state index < -0.39 is 5.54 Å². The Hall–Kier alpha value is -1.55. The number of rotatable bonds is 3. The molecule has 3 aliphatic rings. The van der Waals surface area contributed by atoms with Crippen LogP contribution in [0.3, 0.4) is 0 Å². The van der Waals surface area contributed by atoms with Crippen LogP contribution in [0.25, 0.3) is 0 Å². The van der Waals surface area contributed by atoms with E-state index in [1.807, 2.05) is 26.0 Å². The van der Waals surface area contributed by atoms with Crippen LogP contribution in [0.5, 0.6) is 0 Å². The molecule has 0 aromatic heterocycles. The highest BCUT2D eigenvalue weighted by Crippen LogP contribution is 2.30. The summed E-state index contributed by atoms with van der Waals surface area (Å²) in [5.41, 5.74) is 1.87. The van der Waals surface area contributed by atoms with Crippen molar-refractivity contribution in [3.8, 4) is 0 Å². The average molecular weight is 302 g/mol. The van der Waals surface area contributed by atoms with Gasteiger partial charge in [0.15, 0.2) is 0 Å². The molecule has 3 saturated heterocycles. The third-order valence-corrected chi connectivity index (χ3v) is 5.09. The summed E-state index contributed by atoms with van der Waals surface area (Å²) in [6, 6.07) is 8.15. The number of ether oxygens (including phenoxy) is 1. The van der Waals surface area contributed by atoms with E-state index >= 15 is 0 Å². The van der Waals surface area contributed by atoms with Gasteiger partial charge >= 0.3 is 6.09 Å². The lowest BCUT2D eigenvalue weighted by atomic mass is 9.86. The smallest absolute Gasteiger partial charge is 0.408 e. The zero-order valence-electron chi connectivity index (χ0n) is 13.8. The molecule has 1 amide bonds. The second-order valence-electron chi connectivity index (χ2n) is 7.15. The first-order valence-corrected chi connectivity index (χ1v) is 8.23. The molecule has 120 valence electrons. The summed E-state index contributed by atoms with van der Waals surface area (Å²) in [5, 5.41) is 3.04. The molecule has 1 aromatic rings. The molecule has 2 bridgehead atoms. The Balaban J connectivity index is 1.63. The van der Waals surface area contributed by atoms with Gasteiger partial charge in [0.25, 0.3) is 0 Å². The number of hydrogen-bond donors (Lipinski definition) is 1. The van der Waals surface area contributed by atoms with Crippen molar-refractivity contribution in [2.24, 2.45) is 5.92 Å². The molecule has 4 rings (SSSR count). The van der Waals surface area contributed by atoms with Crippen molar-refractivity contribution in [2.45, 2.75) is 45.3 Å². The zero-order valence-corrected chi connectivity index (χ0v) is 13.8. The molecule has 0 saturated carbocycles. The van der Waals surface area contributed by atoms with Crippen LogP contribution in [0.2, 0.25) is 0 Å². The molecule has 1 unspecified atom stereocenters. The predicted octanol–water partition coefficient (Wildman–Crippen LogP) is 3.05. The van der Waals surface area contributed by atoms with Crippen LogP contribution < -0.4 is 5.32 Å². The van der Waals surface area contributed by atoms with Gasteiger partial charge in [-0.2, -0.15) is 0 Å². The van der Waals surface area contributed by atoms with E-state index in [1.165, 1.54) is 5.56 Å². The molecule has 4 nitrogen and oxygen atoms in total. The fraction of sp³-hybridized carbons (Fsp3) is 0.611. The Morgan fingerprint density at radius 2 is 1.95 bits per heavy atom. The van der Waals surface area contributed by atoms with Crippen LogP contribution >= 0.6 is 0 Å². The van der Waals surface area contributed by atoms with Gasteiger partial charge in [0.05, 0.1) is 5.54 Å². The van der Waals surface area contributed by atoms with Crippen molar-refractivity contribution in [2.75, 3.05) is 19.6 Å². The van der Waals surface area contributed by atoms with Crippen LogP contribution in [0.1, 0.15) is 37.8 Å². The Morgan fingerprint density at radius 3 is 2.55 bits per heavy atom. The first-order chi connectivity index (χ1) is 10.5. The van der Waals surface area contributed by atoms with E-state index in [0.29, 0.717) is 5.92 Å². The van der Waals surface area contributed by atoms with Crippen molar-refractivity contribution in [3.63, 3.8) is 0 Å². The van der Waals surface area contributed by atoms with Gasteiger partial charge in [-0.25, -0.2) is 4.79 Å². The number of hydrogen-bond acceptors (Lipinski definition) is 3. The summed E-state index contributed by atoms with van der Waals surface area (Å²) in [7, 11) is 0. The third-order valence-electron chi connectivity index (χ3n) is 5.09. The van der Waals surface area contributed by atoms with Crippen LogP contribution in [-0.4, -0.2) is 36.7 Å². The Morgan fingerprint density at radius 1 is 1.27 bits per heavy atom. The normalized spacial score (nSPS) is 27.5. The van der Waals surface area contributed by atoms with Gasteiger partial charge < -0.3 is 10.1 Å². The largest absolute Gasteiger partial charge is 0.445 e. The highest BCUT2D eigenvalue weighted by molar-refractivity contribution is 5.69. The van der Waals surface area contributed by atoms with Gasteiger partial charge in [0.2, 0.25) is 0 Å². The molecule has 22 heavy (non-hydrogen) atoms. The lowest BCUT2D eigenvalue weighted by Crippen LogP contribution is -2.53. The maximum absolute atomic E-state index is 12.3. The number of carbonyl (C=O) groups is 1. The molecular formula is C18H26N2O2. The molecule has 1 N–H and O–H groups in total. The van der Waals surface area contributed by atoms with Crippen LogP contribution in [0.4, 0.5) is 4.79 Å². The third kappa shape index (κ3) is 3.12. The average Bonchev–Trinajstić information content (AvgIpc) is 2.48. The topological polar surface area (TPSA) is 41.6 Å². The van der Waals surface area contributed by atoms with Crippen molar-refractivity contribution in [1.82, 2.24) is 10.2 Å². The van der Waals surface area contributed by atoms with Gasteiger partial charge in [-0.1, -0.05) is 24.3 Å². The van der Waals surface area contributed by atoms with E-state index in [1.54, 1.807) is 0 Å². The molecule has 1 aromatic carbocycles. The fourth-order valence-electron chi connectivity index (χ4n) is 3.81. The summed E-state index contributed by atoms with van der Waals surface area (Å²) in [4.78, 5) is 14.7. The van der Waals surface area contributed by atoms with E-state index in [9.17, 15) is 4.79 Å². The molecule has 4 heteroatoms. The number of nitrogens with one attached hydrogen (secondary N) is 1. The zero-order chi connectivity index (χ0) is 15.7. The Bertz CT molecular complexity index is 548. The lowest BCUT2D eigenvalue weighted by Gasteiger charge is -2.44. The van der Waals surface area contributed by atoms with Crippen molar-refractivity contribution >= 4 is 6.09 Å². The minimum atomic E-state index is -0.434. The Labute approximate surface area is 132 Å². The van der Waals surface area contributed by atoms with Crippen molar-refractivity contribution in [3.05, 3.63) is 35.4 Å². The van der Waals surface area contributed by atoms with Crippen LogP contribution in [0, 0.1) is 12.8 Å². The van der Waals surface area contributed by atoms with Gasteiger partial charge in [0.1, 0.15) is 6.10 Å². The quantitative estimate of drug-likeness (QED) is 0.933. The highest BCUT2D eigenvalue weighted by Gasteiger charge is 2.37. The van der Waals surface area contributed by atoms with Crippen molar-refractivity contribution in [1.29, 1.82) is 0 Å². The number of carbonyl (C=O) groups excluding carboxylic acids is 1. The number of fused-ring (bicyclic) bond motifs is 3. The number of aryl methyl sites for hydroxylation is 1. The van der Waals surface area contributed by atoms with E-state index in [-0.39, 0.29) is 12.2 Å². The molecule has 0 radical (unpaired) electrons. The molecule has 3 aliphatic heterocycles. The highest BCUT2D eigenvalue weighted by atomic mass is 16.6. The second kappa shape index (κ2) is 5.92. The number of piperidine rings is 3. The molecule has 3 heterocycles. The molecule has 3 fully saturated rings. The number of alkyl carbamates (subject to hydrolysis) is 1. The van der Waals surface area contributed by atoms with E-state index in [4.69, 9.17) is 4.74 Å². The second-order valence-corrected chi connectivity index (χ2v) is 7.15. The van der Waals surface area contributed by atoms with Crippen molar-refractivity contribution < 1.29 is 9.53 Å². The number of amides is 1. The first kappa shape index (κ1) is 15.3. The van der Waals surface area contributed by atoms with Gasteiger partial charge in [-0.15, -0.1) is 0 Å². The maximum Gasteiger partial charge on any atom is 0.408 e. The number of benzene rings is 1. The fourth-order valence-corrected chi connectivity index (χ4v) is 3.81. The standard InChI is InChI=1S/C18H26N2O2/c1-13-6-4-5-7-15(13)18(2,3)19-17(21)22-16-12-20-10-8-14(16)9-11-20/h4-7,14,16H,8-12H2,1-3H3,(H,19,21). The molecule has 0 aliphatic carbocycles. The SMILES string of the molecule is Cc1ccccc1C(C)(C)NC(=O)OC1CN2CCC1CC2. The first-order valence-electron chi connectivity index (χ1n) is 8.23.